The van der Waals surface area contributed by atoms with Crippen LogP contribution in [0.5, 0.6) is 0 Å². The average molecular weight is 280 g/mol. The van der Waals surface area contributed by atoms with Gasteiger partial charge in [0.1, 0.15) is 6.61 Å². The first-order chi connectivity index (χ1) is 9.63. The van der Waals surface area contributed by atoms with Crippen LogP contribution in [0.15, 0.2) is 30.3 Å². The fourth-order valence-corrected chi connectivity index (χ4v) is 1.57. The number of carbonyl (C=O) groups is 1. The number of hydrogen-bond donors (Lipinski definition) is 0. The second-order valence-corrected chi connectivity index (χ2v) is 4.79. The van der Waals surface area contributed by atoms with Crippen LogP contribution < -0.4 is 0 Å². The maximum Gasteiger partial charge on any atom is 0.338 e. The standard InChI is InChI=1S/C16H24O4/c1-4-10-18-13(2)11-19-14(3)12-20-16(17)15-8-6-5-7-9-15/h5-9,13-14H,4,10-12H2,1-3H3. The molecule has 2 unspecified atom stereocenters. The molecule has 0 amide bonds. The summed E-state index contributed by atoms with van der Waals surface area (Å²) in [6.07, 6.45) is 0.909. The molecular weight excluding hydrogens is 256 g/mol. The van der Waals surface area contributed by atoms with Crippen molar-refractivity contribution in [2.75, 3.05) is 19.8 Å². The van der Waals surface area contributed by atoms with E-state index in [9.17, 15) is 4.79 Å². The minimum absolute atomic E-state index is 0.0576. The molecule has 0 spiro atoms. The van der Waals surface area contributed by atoms with Crippen molar-refractivity contribution < 1.29 is 19.0 Å². The average Bonchev–Trinajstić information content (AvgIpc) is 2.49. The van der Waals surface area contributed by atoms with E-state index >= 15 is 0 Å². The van der Waals surface area contributed by atoms with E-state index in [1.165, 1.54) is 0 Å². The zero-order valence-corrected chi connectivity index (χ0v) is 12.5. The highest BCUT2D eigenvalue weighted by molar-refractivity contribution is 5.89. The van der Waals surface area contributed by atoms with E-state index < -0.39 is 0 Å². The van der Waals surface area contributed by atoms with Crippen molar-refractivity contribution in [2.45, 2.75) is 39.4 Å². The molecule has 0 radical (unpaired) electrons. The quantitative estimate of drug-likeness (QED) is 0.652. The van der Waals surface area contributed by atoms with E-state index in [2.05, 4.69) is 6.92 Å². The van der Waals surface area contributed by atoms with Gasteiger partial charge in [-0.3, -0.25) is 0 Å². The Labute approximate surface area is 121 Å². The third-order valence-corrected chi connectivity index (χ3v) is 2.68. The highest BCUT2D eigenvalue weighted by Gasteiger charge is 2.11. The predicted molar refractivity (Wildman–Crippen MR) is 77.8 cm³/mol. The van der Waals surface area contributed by atoms with Gasteiger partial charge >= 0.3 is 5.97 Å². The lowest BCUT2D eigenvalue weighted by atomic mass is 10.2. The van der Waals surface area contributed by atoms with Crippen molar-refractivity contribution in [3.63, 3.8) is 0 Å². The molecule has 0 aromatic heterocycles. The lowest BCUT2D eigenvalue weighted by molar-refractivity contribution is -0.0498. The summed E-state index contributed by atoms with van der Waals surface area (Å²) in [5.74, 6) is -0.323. The van der Waals surface area contributed by atoms with Crippen LogP contribution in [0.4, 0.5) is 0 Å². The van der Waals surface area contributed by atoms with Crippen molar-refractivity contribution in [3.05, 3.63) is 35.9 Å². The van der Waals surface area contributed by atoms with E-state index in [0.29, 0.717) is 12.2 Å². The number of esters is 1. The third-order valence-electron chi connectivity index (χ3n) is 2.68. The van der Waals surface area contributed by atoms with Crippen molar-refractivity contribution in [2.24, 2.45) is 0 Å². The van der Waals surface area contributed by atoms with Crippen LogP contribution in [-0.4, -0.2) is 38.0 Å². The predicted octanol–water partition coefficient (Wildman–Crippen LogP) is 3.06. The first kappa shape index (κ1) is 16.7. The second kappa shape index (κ2) is 9.50. The minimum atomic E-state index is -0.323. The normalized spacial score (nSPS) is 13.8. The van der Waals surface area contributed by atoms with Gasteiger partial charge in [0.15, 0.2) is 0 Å². The maximum atomic E-state index is 11.7. The van der Waals surface area contributed by atoms with Crippen LogP contribution in [0.2, 0.25) is 0 Å². The molecule has 2 atom stereocenters. The van der Waals surface area contributed by atoms with Crippen LogP contribution in [0.1, 0.15) is 37.6 Å². The molecule has 0 saturated carbocycles. The molecule has 0 aliphatic carbocycles. The van der Waals surface area contributed by atoms with Crippen LogP contribution in [0.25, 0.3) is 0 Å². The topological polar surface area (TPSA) is 44.8 Å². The molecule has 0 saturated heterocycles. The molecule has 1 aromatic rings. The zero-order valence-electron chi connectivity index (χ0n) is 12.5. The lowest BCUT2D eigenvalue weighted by Crippen LogP contribution is -2.24. The molecular formula is C16H24O4. The van der Waals surface area contributed by atoms with Crippen molar-refractivity contribution in [1.82, 2.24) is 0 Å². The highest BCUT2D eigenvalue weighted by Crippen LogP contribution is 2.03. The summed E-state index contributed by atoms with van der Waals surface area (Å²) in [5.41, 5.74) is 0.555. The molecule has 112 valence electrons. The number of hydrogen-bond acceptors (Lipinski definition) is 4. The van der Waals surface area contributed by atoms with E-state index in [0.717, 1.165) is 13.0 Å². The van der Waals surface area contributed by atoms with E-state index in [-0.39, 0.29) is 24.8 Å². The van der Waals surface area contributed by atoms with Crippen molar-refractivity contribution in [3.8, 4) is 0 Å². The molecule has 0 aliphatic heterocycles. The van der Waals surface area contributed by atoms with E-state index in [4.69, 9.17) is 14.2 Å². The van der Waals surface area contributed by atoms with Gasteiger partial charge in [0, 0.05) is 6.61 Å². The molecule has 1 rings (SSSR count). The molecule has 0 bridgehead atoms. The van der Waals surface area contributed by atoms with Crippen LogP contribution in [0, 0.1) is 0 Å². The Morgan fingerprint density at radius 2 is 1.70 bits per heavy atom. The van der Waals surface area contributed by atoms with Crippen LogP contribution in [0.3, 0.4) is 0 Å². The summed E-state index contributed by atoms with van der Waals surface area (Å²) in [4.78, 5) is 11.7. The Kier molecular flexibility index (Phi) is 7.92. The molecule has 4 heteroatoms. The second-order valence-electron chi connectivity index (χ2n) is 4.79. The largest absolute Gasteiger partial charge is 0.459 e. The first-order valence-corrected chi connectivity index (χ1v) is 7.08. The molecule has 0 fully saturated rings. The minimum Gasteiger partial charge on any atom is -0.459 e. The lowest BCUT2D eigenvalue weighted by Gasteiger charge is -2.17. The summed E-state index contributed by atoms with van der Waals surface area (Å²) in [7, 11) is 0. The maximum absolute atomic E-state index is 11.7. The summed E-state index contributed by atoms with van der Waals surface area (Å²) in [5, 5.41) is 0. The smallest absolute Gasteiger partial charge is 0.338 e. The van der Waals surface area contributed by atoms with Gasteiger partial charge in [0.05, 0.1) is 24.4 Å². The van der Waals surface area contributed by atoms with Gasteiger partial charge < -0.3 is 14.2 Å². The highest BCUT2D eigenvalue weighted by atomic mass is 16.6. The van der Waals surface area contributed by atoms with Gasteiger partial charge in [-0.05, 0) is 32.4 Å². The summed E-state index contributed by atoms with van der Waals surface area (Å²) in [6.45, 7) is 7.41. The van der Waals surface area contributed by atoms with Gasteiger partial charge in [-0.2, -0.15) is 0 Å². The Morgan fingerprint density at radius 1 is 1.05 bits per heavy atom. The van der Waals surface area contributed by atoms with Gasteiger partial charge in [0.25, 0.3) is 0 Å². The molecule has 0 aliphatic rings. The molecule has 20 heavy (non-hydrogen) atoms. The van der Waals surface area contributed by atoms with Gasteiger partial charge in [-0.1, -0.05) is 25.1 Å². The van der Waals surface area contributed by atoms with E-state index in [1.807, 2.05) is 32.0 Å². The number of ether oxygens (including phenoxy) is 3. The Balaban J connectivity index is 2.19. The molecule has 0 N–H and O–H groups in total. The molecule has 0 heterocycles. The monoisotopic (exact) mass is 280 g/mol. The van der Waals surface area contributed by atoms with Crippen LogP contribution >= 0.6 is 0 Å². The number of benzene rings is 1. The third kappa shape index (κ3) is 6.68. The summed E-state index contributed by atoms with van der Waals surface area (Å²) >= 11 is 0. The zero-order chi connectivity index (χ0) is 14.8. The summed E-state index contributed by atoms with van der Waals surface area (Å²) in [6, 6.07) is 8.94. The Morgan fingerprint density at radius 3 is 2.35 bits per heavy atom. The van der Waals surface area contributed by atoms with Crippen molar-refractivity contribution in [1.29, 1.82) is 0 Å². The molecule has 4 nitrogen and oxygen atoms in total. The first-order valence-electron chi connectivity index (χ1n) is 7.08. The van der Waals surface area contributed by atoms with E-state index in [1.54, 1.807) is 12.1 Å². The fourth-order valence-electron chi connectivity index (χ4n) is 1.57. The van der Waals surface area contributed by atoms with Gasteiger partial charge in [-0.15, -0.1) is 0 Å². The Bertz CT molecular complexity index is 377. The number of rotatable bonds is 9. The van der Waals surface area contributed by atoms with Gasteiger partial charge in [-0.25, -0.2) is 4.79 Å². The van der Waals surface area contributed by atoms with Gasteiger partial charge in [0.2, 0.25) is 0 Å². The fraction of sp³-hybridized carbons (Fsp3) is 0.562. The SMILES string of the molecule is CCCOC(C)COC(C)COC(=O)c1ccccc1. The molecule has 1 aromatic carbocycles. The number of carbonyl (C=O) groups excluding carboxylic acids is 1. The Hall–Kier alpha value is -1.39. The summed E-state index contributed by atoms with van der Waals surface area (Å²) < 4.78 is 16.3. The van der Waals surface area contributed by atoms with Crippen LogP contribution in [-0.2, 0) is 14.2 Å². The van der Waals surface area contributed by atoms with Crippen molar-refractivity contribution >= 4 is 5.97 Å².